The molecule has 256 valence electrons. The molecule has 5 rings (SSSR count). The van der Waals surface area contributed by atoms with Crippen LogP contribution in [0.25, 0.3) is 6.08 Å². The molecule has 0 radical (unpaired) electrons. The van der Waals surface area contributed by atoms with Crippen molar-refractivity contribution in [3.63, 3.8) is 0 Å². The Labute approximate surface area is 272 Å². The standard InChI is InChI=1S/C31H37F3N4O7S2/c1-20-17-24(38(46(3,41)42)23-7-9-25(39)10-8-23)18-21(2)27(20)11-16-47(43,44)37-14-12-30(13-15-37)29(40)35-28(36-30)22-5-4-6-26(19-22)45-31(32,33)34/h4-6,11,16-19,23,25,39H,7-10,12-15H2,1-3H3,(H,35,36,40)/b16-11+. The highest BCUT2D eigenvalue weighted by Crippen LogP contribution is 2.35. The van der Waals surface area contributed by atoms with Gasteiger partial charge >= 0.3 is 6.36 Å². The second-order valence-electron chi connectivity index (χ2n) is 12.3. The van der Waals surface area contributed by atoms with E-state index >= 15 is 0 Å². The van der Waals surface area contributed by atoms with Crippen LogP contribution in [0, 0.1) is 13.8 Å². The van der Waals surface area contributed by atoms with Crippen LogP contribution >= 0.6 is 0 Å². The van der Waals surface area contributed by atoms with Crippen LogP contribution in [-0.4, -0.2) is 81.4 Å². The number of sulfonamides is 2. The lowest BCUT2D eigenvalue weighted by Crippen LogP contribution is -2.50. The SMILES string of the molecule is Cc1cc(N(C2CCC(O)CC2)S(C)(=O)=O)cc(C)c1/C=C/S(=O)(=O)N1CCC2(CC1)N=C(c1cccc(OC(F)(F)F)c1)NC2=O. The quantitative estimate of drug-likeness (QED) is 0.424. The molecule has 2 fully saturated rings. The molecule has 1 spiro atoms. The lowest BCUT2D eigenvalue weighted by Gasteiger charge is -2.36. The zero-order valence-corrected chi connectivity index (χ0v) is 27.8. The molecule has 0 atom stereocenters. The number of anilines is 1. The number of aliphatic hydroxyl groups excluding tert-OH is 1. The maximum absolute atomic E-state index is 13.3. The van der Waals surface area contributed by atoms with Gasteiger partial charge < -0.3 is 15.2 Å². The summed E-state index contributed by atoms with van der Waals surface area (Å²) in [5, 5.41) is 13.6. The van der Waals surface area contributed by atoms with Crippen molar-refractivity contribution in [2.75, 3.05) is 23.7 Å². The molecule has 16 heteroatoms. The number of nitrogens with zero attached hydrogens (tertiary/aromatic N) is 3. The van der Waals surface area contributed by atoms with Gasteiger partial charge in [0.1, 0.15) is 17.1 Å². The number of piperidine rings is 1. The molecule has 1 saturated carbocycles. The molecule has 2 aliphatic heterocycles. The molecule has 1 saturated heterocycles. The Morgan fingerprint density at radius 3 is 2.23 bits per heavy atom. The number of carbonyl (C=O) groups excluding carboxylic acids is 1. The molecule has 11 nitrogen and oxygen atoms in total. The van der Waals surface area contributed by atoms with E-state index in [1.165, 1.54) is 26.8 Å². The highest BCUT2D eigenvalue weighted by molar-refractivity contribution is 7.92. The lowest BCUT2D eigenvalue weighted by molar-refractivity contribution is -0.274. The van der Waals surface area contributed by atoms with Crippen molar-refractivity contribution >= 4 is 43.6 Å². The highest BCUT2D eigenvalue weighted by atomic mass is 32.2. The Morgan fingerprint density at radius 2 is 1.66 bits per heavy atom. The number of aryl methyl sites for hydroxylation is 2. The third-order valence-corrected chi connectivity index (χ3v) is 11.6. The van der Waals surface area contributed by atoms with Crippen molar-refractivity contribution in [1.29, 1.82) is 0 Å². The van der Waals surface area contributed by atoms with Crippen molar-refractivity contribution in [3.05, 3.63) is 64.1 Å². The molecule has 0 unspecified atom stereocenters. The summed E-state index contributed by atoms with van der Waals surface area (Å²) in [7, 11) is -7.55. The zero-order chi connectivity index (χ0) is 34.4. The van der Waals surface area contributed by atoms with Crippen LogP contribution in [0.4, 0.5) is 18.9 Å². The molecular weight excluding hydrogens is 661 g/mol. The summed E-state index contributed by atoms with van der Waals surface area (Å²) in [5.74, 6) is -0.830. The van der Waals surface area contributed by atoms with E-state index in [1.54, 1.807) is 26.0 Å². The van der Waals surface area contributed by atoms with Gasteiger partial charge in [0.05, 0.1) is 18.0 Å². The molecule has 0 bridgehead atoms. The number of carbonyl (C=O) groups is 1. The minimum Gasteiger partial charge on any atom is -0.406 e. The predicted molar refractivity (Wildman–Crippen MR) is 171 cm³/mol. The van der Waals surface area contributed by atoms with Crippen LogP contribution in [0.1, 0.15) is 60.8 Å². The number of alkyl halides is 3. The molecular formula is C31H37F3N4O7S2. The van der Waals surface area contributed by atoms with Crippen molar-refractivity contribution in [1.82, 2.24) is 9.62 Å². The molecule has 47 heavy (non-hydrogen) atoms. The fourth-order valence-corrected chi connectivity index (χ4v) is 8.90. The van der Waals surface area contributed by atoms with Gasteiger partial charge in [0.25, 0.3) is 5.91 Å². The van der Waals surface area contributed by atoms with E-state index in [4.69, 9.17) is 0 Å². The molecule has 0 aromatic heterocycles. The minimum absolute atomic E-state index is 0.00952. The molecule has 2 aromatic carbocycles. The fourth-order valence-electron chi connectivity index (χ4n) is 6.49. The first-order chi connectivity index (χ1) is 21.9. The van der Waals surface area contributed by atoms with Gasteiger partial charge in [-0.15, -0.1) is 13.2 Å². The number of nitrogens with one attached hydrogen (secondary N) is 1. The monoisotopic (exact) mass is 698 g/mol. The predicted octanol–water partition coefficient (Wildman–Crippen LogP) is 3.98. The molecule has 1 amide bonds. The summed E-state index contributed by atoms with van der Waals surface area (Å²) in [6.45, 7) is 3.53. The van der Waals surface area contributed by atoms with Crippen LogP contribution in [0.15, 0.2) is 46.8 Å². The normalized spacial score (nSPS) is 22.4. The van der Waals surface area contributed by atoms with Gasteiger partial charge in [-0.2, -0.15) is 4.31 Å². The first-order valence-electron chi connectivity index (χ1n) is 15.1. The van der Waals surface area contributed by atoms with E-state index in [9.17, 15) is 39.9 Å². The number of amides is 1. The zero-order valence-electron chi connectivity index (χ0n) is 26.1. The number of aliphatic hydroxyl groups is 1. The van der Waals surface area contributed by atoms with Crippen LogP contribution in [0.3, 0.4) is 0 Å². The average molecular weight is 699 g/mol. The van der Waals surface area contributed by atoms with Crippen LogP contribution < -0.4 is 14.4 Å². The number of aliphatic imine (C=N–C) groups is 1. The second kappa shape index (κ2) is 12.9. The smallest absolute Gasteiger partial charge is 0.406 e. The average Bonchev–Trinajstić information content (AvgIpc) is 3.27. The molecule has 2 heterocycles. The van der Waals surface area contributed by atoms with Gasteiger partial charge in [-0.05, 0) is 99.4 Å². The van der Waals surface area contributed by atoms with Gasteiger partial charge in [-0.3, -0.25) is 14.1 Å². The van der Waals surface area contributed by atoms with Crippen LogP contribution in [-0.2, 0) is 24.8 Å². The number of hydrogen-bond acceptors (Lipinski definition) is 8. The number of amidine groups is 1. The first-order valence-corrected chi connectivity index (χ1v) is 18.5. The summed E-state index contributed by atoms with van der Waals surface area (Å²) in [6.07, 6.45) is -0.471. The summed E-state index contributed by atoms with van der Waals surface area (Å²) in [5.41, 5.74) is 1.45. The van der Waals surface area contributed by atoms with Crippen molar-refractivity contribution < 1.29 is 44.6 Å². The number of hydrogen-bond donors (Lipinski definition) is 2. The molecule has 2 aromatic rings. The van der Waals surface area contributed by atoms with E-state index in [-0.39, 0.29) is 43.4 Å². The first kappa shape index (κ1) is 34.9. The molecule has 3 aliphatic rings. The van der Waals surface area contributed by atoms with Gasteiger partial charge in [-0.25, -0.2) is 16.8 Å². The Morgan fingerprint density at radius 1 is 1.04 bits per heavy atom. The Bertz CT molecular complexity index is 1790. The highest BCUT2D eigenvalue weighted by Gasteiger charge is 2.47. The summed E-state index contributed by atoms with van der Waals surface area (Å²) in [6, 6.07) is 8.23. The largest absolute Gasteiger partial charge is 0.573 e. The maximum Gasteiger partial charge on any atom is 0.573 e. The number of halogens is 3. The van der Waals surface area contributed by atoms with E-state index in [0.717, 1.165) is 23.8 Å². The second-order valence-corrected chi connectivity index (χ2v) is 16.0. The van der Waals surface area contributed by atoms with Crippen LogP contribution in [0.2, 0.25) is 0 Å². The van der Waals surface area contributed by atoms with Crippen molar-refractivity contribution in [2.45, 2.75) is 76.4 Å². The third kappa shape index (κ3) is 7.82. The fraction of sp³-hybridized carbons (Fsp3) is 0.484. The van der Waals surface area contributed by atoms with Crippen molar-refractivity contribution in [2.24, 2.45) is 4.99 Å². The van der Waals surface area contributed by atoms with Gasteiger partial charge in [0, 0.05) is 30.1 Å². The third-order valence-electron chi connectivity index (χ3n) is 8.83. The molecule has 2 N–H and O–H groups in total. The number of benzene rings is 2. The van der Waals surface area contributed by atoms with E-state index in [2.05, 4.69) is 15.0 Å². The summed E-state index contributed by atoms with van der Waals surface area (Å²) in [4.78, 5) is 17.5. The van der Waals surface area contributed by atoms with Crippen molar-refractivity contribution in [3.8, 4) is 5.75 Å². The Balaban J connectivity index is 1.29. The van der Waals surface area contributed by atoms with Gasteiger partial charge in [0.15, 0.2) is 0 Å². The maximum atomic E-state index is 13.3. The Hall–Kier alpha value is -3.47. The lowest BCUT2D eigenvalue weighted by atomic mass is 9.89. The van der Waals surface area contributed by atoms with E-state index in [0.29, 0.717) is 48.1 Å². The van der Waals surface area contributed by atoms with Gasteiger partial charge in [0.2, 0.25) is 20.0 Å². The molecule has 1 aliphatic carbocycles. The minimum atomic E-state index is -4.88. The van der Waals surface area contributed by atoms with Crippen LogP contribution in [0.5, 0.6) is 5.75 Å². The van der Waals surface area contributed by atoms with E-state index in [1.807, 2.05) is 0 Å². The van der Waals surface area contributed by atoms with E-state index < -0.39 is 49.7 Å². The summed E-state index contributed by atoms with van der Waals surface area (Å²) >= 11 is 0. The Kier molecular flexibility index (Phi) is 9.54. The van der Waals surface area contributed by atoms with Gasteiger partial charge in [-0.1, -0.05) is 12.1 Å². The topological polar surface area (TPSA) is 146 Å². The number of ether oxygens (including phenoxy) is 1. The number of rotatable bonds is 8. The summed E-state index contributed by atoms with van der Waals surface area (Å²) < 4.78 is 96.9.